The van der Waals surface area contributed by atoms with Gasteiger partial charge in [-0.1, -0.05) is 46.8 Å². The van der Waals surface area contributed by atoms with Gasteiger partial charge in [0.15, 0.2) is 0 Å². The number of rotatable bonds is 1. The molecule has 1 N–H and O–H groups in total. The predicted molar refractivity (Wildman–Crippen MR) is 108 cm³/mol. The second-order valence-corrected chi connectivity index (χ2v) is 12.0. The van der Waals surface area contributed by atoms with Crippen molar-refractivity contribution in [3.8, 4) is 0 Å². The molecule has 0 saturated heterocycles. The number of aliphatic hydroxyl groups is 1. The van der Waals surface area contributed by atoms with Crippen LogP contribution in [0, 0.1) is 57.7 Å². The molecule has 10 unspecified atom stereocenters. The minimum Gasteiger partial charge on any atom is -0.393 e. The summed E-state index contributed by atoms with van der Waals surface area (Å²) in [4.78, 5) is 0. The molecule has 5 aliphatic rings. The van der Waals surface area contributed by atoms with E-state index in [1.54, 1.807) is 5.57 Å². The zero-order valence-electron chi connectivity index (χ0n) is 17.7. The first kappa shape index (κ1) is 17.8. The Kier molecular flexibility index (Phi) is 3.55. The van der Waals surface area contributed by atoms with Crippen molar-refractivity contribution in [2.75, 3.05) is 0 Å². The second kappa shape index (κ2) is 5.19. The highest BCUT2D eigenvalue weighted by molar-refractivity contribution is 5.42. The molecule has 1 nitrogen and oxygen atoms in total. The van der Waals surface area contributed by atoms with Gasteiger partial charge in [0.2, 0.25) is 0 Å². The Morgan fingerprint density at radius 3 is 2.42 bits per heavy atom. The highest BCUT2D eigenvalue weighted by Crippen LogP contribution is 2.83. The first-order valence-electron chi connectivity index (χ1n) is 11.6. The lowest BCUT2D eigenvalue weighted by Crippen LogP contribution is -2.63. The summed E-state index contributed by atoms with van der Waals surface area (Å²) in [5, 5.41) is 11.0. The van der Waals surface area contributed by atoms with E-state index in [4.69, 9.17) is 6.58 Å². The van der Waals surface area contributed by atoms with E-state index in [-0.39, 0.29) is 6.10 Å². The van der Waals surface area contributed by atoms with E-state index >= 15 is 0 Å². The van der Waals surface area contributed by atoms with Crippen molar-refractivity contribution >= 4 is 0 Å². The fraction of sp³-hybridized carbons (Fsp3) is 0.920. The van der Waals surface area contributed by atoms with Crippen LogP contribution in [0.4, 0.5) is 0 Å². The summed E-state index contributed by atoms with van der Waals surface area (Å²) in [5.41, 5.74) is 2.94. The van der Waals surface area contributed by atoms with E-state index in [0.717, 1.165) is 30.1 Å². The summed E-state index contributed by atoms with van der Waals surface area (Å²) in [6, 6.07) is 0. The van der Waals surface area contributed by atoms with Crippen LogP contribution in [0.25, 0.3) is 0 Å². The summed E-state index contributed by atoms with van der Waals surface area (Å²) in [6.07, 6.45) is 9.33. The lowest BCUT2D eigenvalue weighted by atomic mass is 9.34. The molecule has 2 bridgehead atoms. The van der Waals surface area contributed by atoms with Gasteiger partial charge in [0, 0.05) is 0 Å². The van der Waals surface area contributed by atoms with Crippen molar-refractivity contribution in [1.29, 1.82) is 0 Å². The summed E-state index contributed by atoms with van der Waals surface area (Å²) >= 11 is 0. The number of hydrogen-bond donors (Lipinski definition) is 1. The molecule has 0 aromatic heterocycles. The van der Waals surface area contributed by atoms with Gasteiger partial charge in [-0.05, 0) is 103 Å². The largest absolute Gasteiger partial charge is 0.393 e. The molecular weight excluding hydrogens is 316 g/mol. The lowest BCUT2D eigenvalue weighted by molar-refractivity contribution is -0.141. The Morgan fingerprint density at radius 1 is 1.00 bits per heavy atom. The highest BCUT2D eigenvalue weighted by Gasteiger charge is 2.76. The van der Waals surface area contributed by atoms with E-state index < -0.39 is 0 Å². The topological polar surface area (TPSA) is 20.2 Å². The van der Waals surface area contributed by atoms with Crippen LogP contribution in [-0.4, -0.2) is 11.2 Å². The quantitative estimate of drug-likeness (QED) is 0.565. The first-order chi connectivity index (χ1) is 12.2. The minimum atomic E-state index is -0.0837. The predicted octanol–water partition coefficient (Wildman–Crippen LogP) is 6.07. The van der Waals surface area contributed by atoms with Crippen molar-refractivity contribution < 1.29 is 5.11 Å². The lowest BCUT2D eigenvalue weighted by Gasteiger charge is -2.70. The van der Waals surface area contributed by atoms with Crippen LogP contribution in [0.5, 0.6) is 0 Å². The van der Waals surface area contributed by atoms with Crippen LogP contribution in [0.2, 0.25) is 0 Å². The molecule has 10 atom stereocenters. The third-order valence-electron chi connectivity index (χ3n) is 11.0. The molecule has 0 aromatic rings. The highest BCUT2D eigenvalue weighted by atomic mass is 16.3. The van der Waals surface area contributed by atoms with Crippen LogP contribution < -0.4 is 0 Å². The maximum Gasteiger partial charge on any atom is 0.0579 e. The Balaban J connectivity index is 1.61. The molecule has 2 spiro atoms. The number of allylic oxidation sites excluding steroid dienone is 1. The van der Waals surface area contributed by atoms with Gasteiger partial charge in [-0.3, -0.25) is 0 Å². The summed E-state index contributed by atoms with van der Waals surface area (Å²) < 4.78 is 0. The van der Waals surface area contributed by atoms with Crippen molar-refractivity contribution in [2.45, 2.75) is 85.7 Å². The molecule has 0 radical (unpaired) electrons. The van der Waals surface area contributed by atoms with Gasteiger partial charge in [-0.2, -0.15) is 0 Å². The van der Waals surface area contributed by atoms with E-state index in [9.17, 15) is 5.11 Å². The van der Waals surface area contributed by atoms with Crippen molar-refractivity contribution in [1.82, 2.24) is 0 Å². The van der Waals surface area contributed by atoms with Crippen molar-refractivity contribution in [3.63, 3.8) is 0 Å². The smallest absolute Gasteiger partial charge is 0.0579 e. The maximum atomic E-state index is 11.0. The molecule has 1 heteroatoms. The maximum absolute atomic E-state index is 11.0. The Labute approximate surface area is 161 Å². The molecule has 0 aliphatic heterocycles. The van der Waals surface area contributed by atoms with Gasteiger partial charge in [0.1, 0.15) is 0 Å². The minimum absolute atomic E-state index is 0.0837. The second-order valence-electron chi connectivity index (χ2n) is 12.0. The average Bonchev–Trinajstić information content (AvgIpc) is 2.94. The van der Waals surface area contributed by atoms with E-state index in [1.165, 1.54) is 38.5 Å². The first-order valence-corrected chi connectivity index (χ1v) is 11.6. The third-order valence-corrected chi connectivity index (χ3v) is 11.0. The van der Waals surface area contributed by atoms with Gasteiger partial charge in [-0.15, -0.1) is 0 Å². The average molecular weight is 357 g/mol. The van der Waals surface area contributed by atoms with Crippen LogP contribution in [0.3, 0.4) is 0 Å². The van der Waals surface area contributed by atoms with Gasteiger partial charge in [-0.25, -0.2) is 0 Å². The Bertz CT molecular complexity index is 636. The molecular formula is C25H40O. The van der Waals surface area contributed by atoms with Gasteiger partial charge < -0.3 is 5.11 Å². The number of hydrogen-bond acceptors (Lipinski definition) is 1. The normalized spacial score (nSPS) is 60.9. The molecule has 0 aromatic carbocycles. The number of fused-ring (bicyclic) bond motifs is 1. The zero-order chi connectivity index (χ0) is 18.6. The van der Waals surface area contributed by atoms with Gasteiger partial charge in [0.05, 0.1) is 6.10 Å². The van der Waals surface area contributed by atoms with Gasteiger partial charge >= 0.3 is 0 Å². The summed E-state index contributed by atoms with van der Waals surface area (Å²) in [6.45, 7) is 17.1. The Morgan fingerprint density at radius 2 is 1.73 bits per heavy atom. The van der Waals surface area contributed by atoms with Crippen molar-refractivity contribution in [3.05, 3.63) is 12.2 Å². The fourth-order valence-corrected chi connectivity index (χ4v) is 9.99. The van der Waals surface area contributed by atoms with Crippen LogP contribution in [0.15, 0.2) is 12.2 Å². The molecule has 5 rings (SSSR count). The molecule has 0 amide bonds. The molecule has 5 fully saturated rings. The summed E-state index contributed by atoms with van der Waals surface area (Å²) in [5.74, 6) is 5.19. The zero-order valence-corrected chi connectivity index (χ0v) is 17.7. The molecule has 5 saturated carbocycles. The Hall–Kier alpha value is -0.300. The monoisotopic (exact) mass is 356 g/mol. The molecule has 5 aliphatic carbocycles. The third kappa shape index (κ3) is 1.74. The van der Waals surface area contributed by atoms with E-state index in [2.05, 4.69) is 34.6 Å². The van der Waals surface area contributed by atoms with Crippen LogP contribution in [-0.2, 0) is 0 Å². The fourth-order valence-electron chi connectivity index (χ4n) is 9.99. The van der Waals surface area contributed by atoms with E-state index in [0.29, 0.717) is 34.0 Å². The number of aliphatic hydroxyl groups excluding tert-OH is 1. The SMILES string of the molecule is C=C1C23CCC(C)C4CC5(C)CC(O)C(C(C)C)C5CC14C2CCC3C. The van der Waals surface area contributed by atoms with Gasteiger partial charge in [0.25, 0.3) is 0 Å². The molecule has 0 heterocycles. The van der Waals surface area contributed by atoms with E-state index in [1.807, 2.05) is 0 Å². The van der Waals surface area contributed by atoms with Crippen LogP contribution in [0.1, 0.15) is 79.6 Å². The van der Waals surface area contributed by atoms with Crippen LogP contribution >= 0.6 is 0 Å². The standard InChI is InChI=1S/C25H40O/c1-14(2)22-19-12-25-17(5)24(16(4)7-8-21(24)25)10-9-15(3)18(25)11-23(19,6)13-20(22)26/h14-16,18-22,26H,5,7-13H2,1-4,6H3. The van der Waals surface area contributed by atoms with Crippen molar-refractivity contribution in [2.24, 2.45) is 57.7 Å². The molecule has 146 valence electrons. The molecule has 26 heavy (non-hydrogen) atoms. The summed E-state index contributed by atoms with van der Waals surface area (Å²) in [7, 11) is 0.